The summed E-state index contributed by atoms with van der Waals surface area (Å²) in [5, 5.41) is 2.15. The maximum absolute atomic E-state index is 13.0. The number of carbonyl (C=O) groups excluding carboxylic acids is 1. The smallest absolute Gasteiger partial charge is 0.174 e. The van der Waals surface area contributed by atoms with E-state index in [4.69, 9.17) is 4.74 Å². The molecule has 1 aliphatic carbocycles. The molecule has 0 aliphatic heterocycles. The molecule has 0 aromatic carbocycles. The van der Waals surface area contributed by atoms with Crippen LogP contribution in [-0.2, 0) is 24.1 Å². The fourth-order valence-electron chi connectivity index (χ4n) is 4.18. The number of hydrogen-bond donors (Lipinski definition) is 0. The zero-order valence-electron chi connectivity index (χ0n) is 17.3. The molecule has 0 saturated carbocycles. The van der Waals surface area contributed by atoms with Crippen LogP contribution in [-0.4, -0.2) is 39.8 Å². The summed E-state index contributed by atoms with van der Waals surface area (Å²) in [6.07, 6.45) is 7.32. The zero-order valence-corrected chi connectivity index (χ0v) is 18.9. The summed E-state index contributed by atoms with van der Waals surface area (Å²) < 4.78 is 7.38. The van der Waals surface area contributed by atoms with E-state index in [0.29, 0.717) is 5.75 Å². The van der Waals surface area contributed by atoms with E-state index in [1.807, 2.05) is 13.0 Å². The molecular weight excluding hydrogens is 402 g/mol. The van der Waals surface area contributed by atoms with Crippen LogP contribution >= 0.6 is 23.1 Å². The van der Waals surface area contributed by atoms with Gasteiger partial charge in [-0.1, -0.05) is 11.8 Å². The molecule has 0 amide bonds. The molecule has 0 N–H and O–H groups in total. The summed E-state index contributed by atoms with van der Waals surface area (Å²) in [6.45, 7) is 5.70. The van der Waals surface area contributed by atoms with Gasteiger partial charge in [0.25, 0.3) is 0 Å². The Morgan fingerprint density at radius 3 is 2.93 bits per heavy atom. The fraction of sp³-hybridized carbons (Fsp3) is 0.500. The Balaban J connectivity index is 1.52. The third kappa shape index (κ3) is 4.13. The molecule has 0 fully saturated rings. The SMILES string of the molecule is COCCCn1c(C)cc(C(=O)CSc2ncnc3sc4c(c23)CCCC4)c1C. The van der Waals surface area contributed by atoms with Gasteiger partial charge in [-0.3, -0.25) is 4.79 Å². The van der Waals surface area contributed by atoms with E-state index >= 15 is 0 Å². The van der Waals surface area contributed by atoms with Gasteiger partial charge in [-0.15, -0.1) is 11.3 Å². The van der Waals surface area contributed by atoms with Crippen molar-refractivity contribution in [3.05, 3.63) is 39.8 Å². The van der Waals surface area contributed by atoms with E-state index < -0.39 is 0 Å². The summed E-state index contributed by atoms with van der Waals surface area (Å²) >= 11 is 3.35. The largest absolute Gasteiger partial charge is 0.385 e. The summed E-state index contributed by atoms with van der Waals surface area (Å²) in [7, 11) is 1.72. The van der Waals surface area contributed by atoms with Crippen LogP contribution in [0.2, 0.25) is 0 Å². The van der Waals surface area contributed by atoms with E-state index in [-0.39, 0.29) is 5.78 Å². The highest BCUT2D eigenvalue weighted by atomic mass is 32.2. The number of hydrogen-bond acceptors (Lipinski definition) is 6. The Bertz CT molecular complexity index is 1040. The molecule has 3 heterocycles. The highest BCUT2D eigenvalue weighted by molar-refractivity contribution is 8.00. The van der Waals surface area contributed by atoms with Gasteiger partial charge in [-0.05, 0) is 57.6 Å². The molecule has 0 saturated heterocycles. The van der Waals surface area contributed by atoms with Crippen molar-refractivity contribution in [2.45, 2.75) is 57.5 Å². The van der Waals surface area contributed by atoms with Gasteiger partial charge in [-0.2, -0.15) is 0 Å². The lowest BCUT2D eigenvalue weighted by atomic mass is 9.97. The van der Waals surface area contributed by atoms with Gasteiger partial charge in [0.15, 0.2) is 5.78 Å². The van der Waals surface area contributed by atoms with Crippen molar-refractivity contribution < 1.29 is 9.53 Å². The quantitative estimate of drug-likeness (QED) is 0.218. The van der Waals surface area contributed by atoms with Gasteiger partial charge in [-0.25, -0.2) is 9.97 Å². The lowest BCUT2D eigenvalue weighted by Crippen LogP contribution is -2.08. The molecule has 5 nitrogen and oxygen atoms in total. The zero-order chi connectivity index (χ0) is 20.4. The Hall–Kier alpha value is -1.70. The second-order valence-electron chi connectivity index (χ2n) is 7.56. The predicted octanol–water partition coefficient (Wildman–Crippen LogP) is 5.00. The fourth-order valence-corrected chi connectivity index (χ4v) is 6.38. The molecule has 3 aromatic rings. The van der Waals surface area contributed by atoms with Crippen LogP contribution in [0.15, 0.2) is 17.4 Å². The van der Waals surface area contributed by atoms with Crippen LogP contribution in [0.3, 0.4) is 0 Å². The van der Waals surface area contributed by atoms with Gasteiger partial charge in [0, 0.05) is 47.5 Å². The van der Waals surface area contributed by atoms with Crippen molar-refractivity contribution in [3.63, 3.8) is 0 Å². The van der Waals surface area contributed by atoms with Crippen molar-refractivity contribution in [1.82, 2.24) is 14.5 Å². The third-order valence-electron chi connectivity index (χ3n) is 5.66. The number of fused-ring (bicyclic) bond motifs is 3. The topological polar surface area (TPSA) is 57.0 Å². The van der Waals surface area contributed by atoms with Gasteiger partial charge in [0.05, 0.1) is 5.75 Å². The maximum atomic E-state index is 13.0. The molecule has 0 spiro atoms. The Morgan fingerprint density at radius 2 is 2.10 bits per heavy atom. The maximum Gasteiger partial charge on any atom is 0.174 e. The highest BCUT2D eigenvalue weighted by Gasteiger charge is 2.21. The lowest BCUT2D eigenvalue weighted by molar-refractivity contribution is 0.102. The molecule has 4 rings (SSSR count). The number of thioether (sulfide) groups is 1. The van der Waals surface area contributed by atoms with Crippen LogP contribution in [0.1, 0.15) is 51.4 Å². The molecule has 154 valence electrons. The number of aromatic nitrogens is 3. The number of ether oxygens (including phenoxy) is 1. The van der Waals surface area contributed by atoms with Gasteiger partial charge in [0.2, 0.25) is 0 Å². The Kier molecular flexibility index (Phi) is 6.37. The molecule has 0 atom stereocenters. The third-order valence-corrected chi connectivity index (χ3v) is 7.85. The number of methoxy groups -OCH3 is 1. The van der Waals surface area contributed by atoms with Crippen molar-refractivity contribution in [3.8, 4) is 0 Å². The minimum Gasteiger partial charge on any atom is -0.385 e. The minimum atomic E-state index is 0.164. The van der Waals surface area contributed by atoms with Crippen molar-refractivity contribution in [1.29, 1.82) is 0 Å². The molecule has 3 aromatic heterocycles. The normalized spacial score (nSPS) is 13.8. The molecule has 0 radical (unpaired) electrons. The van der Waals surface area contributed by atoms with E-state index in [2.05, 4.69) is 21.5 Å². The first-order valence-corrected chi connectivity index (χ1v) is 12.0. The van der Waals surface area contributed by atoms with Crippen LogP contribution in [0.4, 0.5) is 0 Å². The van der Waals surface area contributed by atoms with Crippen LogP contribution in [0.25, 0.3) is 10.2 Å². The van der Waals surface area contributed by atoms with E-state index in [1.165, 1.54) is 28.7 Å². The molecule has 1 aliphatic rings. The molecule has 7 heteroatoms. The number of thiophene rings is 1. The first-order chi connectivity index (χ1) is 14.1. The van der Waals surface area contributed by atoms with E-state index in [0.717, 1.165) is 59.2 Å². The number of rotatable bonds is 8. The second kappa shape index (κ2) is 8.98. The number of Topliss-reactive ketones (excluding diaryl/α,β-unsaturated/α-hetero) is 1. The van der Waals surface area contributed by atoms with Crippen LogP contribution < -0.4 is 0 Å². The minimum absolute atomic E-state index is 0.164. The lowest BCUT2D eigenvalue weighted by Gasteiger charge is -2.11. The van der Waals surface area contributed by atoms with Crippen LogP contribution in [0, 0.1) is 13.8 Å². The summed E-state index contributed by atoms with van der Waals surface area (Å²) in [5.41, 5.74) is 4.42. The van der Waals surface area contributed by atoms with E-state index in [1.54, 1.807) is 36.5 Å². The number of aryl methyl sites for hydroxylation is 3. The number of carbonyl (C=O) groups is 1. The Labute approximate surface area is 179 Å². The average molecular weight is 430 g/mol. The van der Waals surface area contributed by atoms with Crippen molar-refractivity contribution in [2.24, 2.45) is 0 Å². The number of nitrogens with zero attached hydrogens (tertiary/aromatic N) is 3. The molecule has 0 bridgehead atoms. The summed E-state index contributed by atoms with van der Waals surface area (Å²) in [4.78, 5) is 24.6. The Morgan fingerprint density at radius 1 is 1.28 bits per heavy atom. The number of ketones is 1. The summed E-state index contributed by atoms with van der Waals surface area (Å²) in [5.74, 6) is 0.566. The molecule has 0 unspecified atom stereocenters. The van der Waals surface area contributed by atoms with E-state index in [9.17, 15) is 4.79 Å². The second-order valence-corrected chi connectivity index (χ2v) is 9.61. The highest BCUT2D eigenvalue weighted by Crippen LogP contribution is 2.39. The monoisotopic (exact) mass is 429 g/mol. The average Bonchev–Trinajstić information content (AvgIpc) is 3.24. The first kappa shape index (κ1) is 20.6. The summed E-state index contributed by atoms with van der Waals surface area (Å²) in [6, 6.07) is 2.02. The molecular formula is C22H27N3O2S2. The predicted molar refractivity (Wildman–Crippen MR) is 120 cm³/mol. The standard InChI is InChI=1S/C22H27N3O2S2/c1-14-11-17(15(2)25(14)9-6-10-27-3)18(26)12-28-21-20-16-7-4-5-8-19(16)29-22(20)24-13-23-21/h11,13H,4-10,12H2,1-3H3. The van der Waals surface area contributed by atoms with Gasteiger partial charge in [0.1, 0.15) is 16.2 Å². The van der Waals surface area contributed by atoms with Gasteiger partial charge < -0.3 is 9.30 Å². The van der Waals surface area contributed by atoms with Crippen molar-refractivity contribution in [2.75, 3.05) is 19.5 Å². The van der Waals surface area contributed by atoms with Crippen LogP contribution in [0.5, 0.6) is 0 Å². The van der Waals surface area contributed by atoms with Crippen molar-refractivity contribution >= 4 is 39.1 Å². The van der Waals surface area contributed by atoms with Gasteiger partial charge >= 0.3 is 0 Å². The molecule has 29 heavy (non-hydrogen) atoms. The first-order valence-electron chi connectivity index (χ1n) is 10.2.